The lowest BCUT2D eigenvalue weighted by Crippen LogP contribution is -1.99. The van der Waals surface area contributed by atoms with Crippen molar-refractivity contribution in [3.05, 3.63) is 59.4 Å². The van der Waals surface area contributed by atoms with Gasteiger partial charge in [0.2, 0.25) is 0 Å². The van der Waals surface area contributed by atoms with Crippen LogP contribution >= 0.6 is 0 Å². The first kappa shape index (κ1) is 13.8. The van der Waals surface area contributed by atoms with Crippen LogP contribution in [0.3, 0.4) is 0 Å². The topological polar surface area (TPSA) is 26.0 Å². The molecule has 0 bridgehead atoms. The molecular formula is C17H20FN. The third kappa shape index (κ3) is 3.02. The van der Waals surface area contributed by atoms with E-state index in [4.69, 9.17) is 5.73 Å². The van der Waals surface area contributed by atoms with E-state index in [1.54, 1.807) is 12.1 Å². The minimum absolute atomic E-state index is 0.231. The van der Waals surface area contributed by atoms with E-state index in [1.165, 1.54) is 5.56 Å². The lowest BCUT2D eigenvalue weighted by molar-refractivity contribution is 0.611. The van der Waals surface area contributed by atoms with E-state index in [9.17, 15) is 4.39 Å². The second-order valence-corrected chi connectivity index (χ2v) is 4.94. The molecule has 1 atom stereocenters. The molecule has 0 spiro atoms. The molecule has 0 aliphatic carbocycles. The molecule has 0 saturated heterocycles. The fourth-order valence-corrected chi connectivity index (χ4v) is 2.13. The van der Waals surface area contributed by atoms with Crippen molar-refractivity contribution in [3.63, 3.8) is 0 Å². The van der Waals surface area contributed by atoms with Gasteiger partial charge in [-0.3, -0.25) is 0 Å². The summed E-state index contributed by atoms with van der Waals surface area (Å²) in [6.45, 7) is 4.63. The fraction of sp³-hybridized carbons (Fsp3) is 0.294. The van der Waals surface area contributed by atoms with Crippen LogP contribution in [0.1, 0.15) is 37.3 Å². The quantitative estimate of drug-likeness (QED) is 0.859. The predicted molar refractivity (Wildman–Crippen MR) is 78.4 cm³/mol. The van der Waals surface area contributed by atoms with Gasteiger partial charge in [0.1, 0.15) is 5.82 Å². The SMILES string of the molecule is CCC(C)c1ccc(-c2ccc(CN)c(F)c2)cc1. The van der Waals surface area contributed by atoms with Crippen LogP contribution in [-0.2, 0) is 6.54 Å². The van der Waals surface area contributed by atoms with Gasteiger partial charge in [0.25, 0.3) is 0 Å². The normalized spacial score (nSPS) is 12.4. The summed E-state index contributed by atoms with van der Waals surface area (Å²) >= 11 is 0. The Morgan fingerprint density at radius 1 is 1.05 bits per heavy atom. The van der Waals surface area contributed by atoms with Crippen molar-refractivity contribution in [3.8, 4) is 11.1 Å². The number of rotatable bonds is 4. The molecule has 0 amide bonds. The first-order valence-electron chi connectivity index (χ1n) is 6.74. The van der Waals surface area contributed by atoms with Crippen molar-refractivity contribution in [2.24, 2.45) is 5.73 Å². The minimum Gasteiger partial charge on any atom is -0.326 e. The van der Waals surface area contributed by atoms with Gasteiger partial charge in [-0.05, 0) is 35.1 Å². The van der Waals surface area contributed by atoms with Crippen molar-refractivity contribution in [2.45, 2.75) is 32.7 Å². The molecule has 0 saturated carbocycles. The summed E-state index contributed by atoms with van der Waals surface area (Å²) in [6.07, 6.45) is 1.12. The highest BCUT2D eigenvalue weighted by Gasteiger charge is 2.06. The Labute approximate surface area is 114 Å². The van der Waals surface area contributed by atoms with E-state index < -0.39 is 0 Å². The number of hydrogen-bond donors (Lipinski definition) is 1. The Bertz CT molecular complexity index is 546. The highest BCUT2D eigenvalue weighted by Crippen LogP contribution is 2.25. The van der Waals surface area contributed by atoms with Gasteiger partial charge < -0.3 is 5.73 Å². The van der Waals surface area contributed by atoms with Crippen LogP contribution in [0.5, 0.6) is 0 Å². The Morgan fingerprint density at radius 2 is 1.68 bits per heavy atom. The Balaban J connectivity index is 2.29. The van der Waals surface area contributed by atoms with Crippen molar-refractivity contribution in [2.75, 3.05) is 0 Å². The maximum atomic E-state index is 13.7. The van der Waals surface area contributed by atoms with Gasteiger partial charge in [-0.25, -0.2) is 4.39 Å². The summed E-state index contributed by atoms with van der Waals surface area (Å²) in [5.41, 5.74) is 9.28. The van der Waals surface area contributed by atoms with Crippen LogP contribution in [0.2, 0.25) is 0 Å². The molecule has 0 aliphatic heterocycles. The van der Waals surface area contributed by atoms with Crippen LogP contribution in [0.4, 0.5) is 4.39 Å². The molecule has 0 aromatic heterocycles. The molecule has 2 heteroatoms. The van der Waals surface area contributed by atoms with E-state index in [1.807, 2.05) is 6.07 Å². The highest BCUT2D eigenvalue weighted by molar-refractivity contribution is 5.64. The lowest BCUT2D eigenvalue weighted by atomic mass is 9.95. The molecule has 2 aromatic carbocycles. The standard InChI is InChI=1S/C17H20FN/c1-3-12(2)13-4-6-14(7-5-13)15-8-9-16(11-19)17(18)10-15/h4-10,12H,3,11,19H2,1-2H3. The zero-order valence-electron chi connectivity index (χ0n) is 11.5. The summed E-state index contributed by atoms with van der Waals surface area (Å²) < 4.78 is 13.7. The highest BCUT2D eigenvalue weighted by atomic mass is 19.1. The number of hydrogen-bond acceptors (Lipinski definition) is 1. The Kier molecular flexibility index (Phi) is 4.33. The molecule has 2 rings (SSSR count). The lowest BCUT2D eigenvalue weighted by Gasteiger charge is -2.10. The molecule has 19 heavy (non-hydrogen) atoms. The molecule has 2 N–H and O–H groups in total. The van der Waals surface area contributed by atoms with E-state index in [0.29, 0.717) is 11.5 Å². The second-order valence-electron chi connectivity index (χ2n) is 4.94. The van der Waals surface area contributed by atoms with Crippen LogP contribution in [0, 0.1) is 5.82 Å². The second kappa shape index (κ2) is 5.98. The van der Waals surface area contributed by atoms with Crippen LogP contribution in [0.25, 0.3) is 11.1 Å². The zero-order chi connectivity index (χ0) is 13.8. The molecule has 0 fully saturated rings. The summed E-state index contributed by atoms with van der Waals surface area (Å²) in [4.78, 5) is 0. The van der Waals surface area contributed by atoms with E-state index in [-0.39, 0.29) is 12.4 Å². The van der Waals surface area contributed by atoms with Gasteiger partial charge in [0.15, 0.2) is 0 Å². The first-order chi connectivity index (χ1) is 9.15. The van der Waals surface area contributed by atoms with E-state index >= 15 is 0 Å². The first-order valence-corrected chi connectivity index (χ1v) is 6.74. The molecule has 1 unspecified atom stereocenters. The summed E-state index contributed by atoms with van der Waals surface area (Å²) in [5, 5.41) is 0. The number of halogens is 1. The van der Waals surface area contributed by atoms with Gasteiger partial charge in [0.05, 0.1) is 0 Å². The van der Waals surface area contributed by atoms with E-state index in [0.717, 1.165) is 17.5 Å². The van der Waals surface area contributed by atoms with Gasteiger partial charge in [-0.1, -0.05) is 50.2 Å². The number of nitrogens with two attached hydrogens (primary N) is 1. The minimum atomic E-state index is -0.231. The third-order valence-corrected chi connectivity index (χ3v) is 3.70. The third-order valence-electron chi connectivity index (χ3n) is 3.70. The largest absolute Gasteiger partial charge is 0.326 e. The Morgan fingerprint density at radius 3 is 2.21 bits per heavy atom. The Hall–Kier alpha value is -1.67. The van der Waals surface area contributed by atoms with Gasteiger partial charge in [0, 0.05) is 12.1 Å². The maximum Gasteiger partial charge on any atom is 0.128 e. The smallest absolute Gasteiger partial charge is 0.128 e. The molecular weight excluding hydrogens is 237 g/mol. The van der Waals surface area contributed by atoms with Crippen LogP contribution < -0.4 is 5.73 Å². The van der Waals surface area contributed by atoms with E-state index in [2.05, 4.69) is 38.1 Å². The van der Waals surface area contributed by atoms with Crippen molar-refractivity contribution in [1.82, 2.24) is 0 Å². The maximum absolute atomic E-state index is 13.7. The van der Waals surface area contributed by atoms with Crippen LogP contribution in [0.15, 0.2) is 42.5 Å². The summed E-state index contributed by atoms with van der Waals surface area (Å²) in [6, 6.07) is 13.6. The summed E-state index contributed by atoms with van der Waals surface area (Å²) in [5.74, 6) is 0.330. The molecule has 100 valence electrons. The zero-order valence-corrected chi connectivity index (χ0v) is 11.5. The van der Waals surface area contributed by atoms with Gasteiger partial charge in [-0.2, -0.15) is 0 Å². The van der Waals surface area contributed by atoms with Crippen molar-refractivity contribution in [1.29, 1.82) is 0 Å². The molecule has 0 aliphatic rings. The summed E-state index contributed by atoms with van der Waals surface area (Å²) in [7, 11) is 0. The van der Waals surface area contributed by atoms with Crippen molar-refractivity contribution < 1.29 is 4.39 Å². The average Bonchev–Trinajstić information content (AvgIpc) is 2.46. The molecule has 0 radical (unpaired) electrons. The van der Waals surface area contributed by atoms with Gasteiger partial charge >= 0.3 is 0 Å². The molecule has 0 heterocycles. The average molecular weight is 257 g/mol. The molecule has 1 nitrogen and oxygen atoms in total. The van der Waals surface area contributed by atoms with Crippen molar-refractivity contribution >= 4 is 0 Å². The fourth-order valence-electron chi connectivity index (χ4n) is 2.13. The molecule has 2 aromatic rings. The monoisotopic (exact) mass is 257 g/mol. The number of benzene rings is 2. The van der Waals surface area contributed by atoms with Gasteiger partial charge in [-0.15, -0.1) is 0 Å². The van der Waals surface area contributed by atoms with Crippen LogP contribution in [-0.4, -0.2) is 0 Å². The predicted octanol–water partition coefficient (Wildman–Crippen LogP) is 4.46.